The minimum Gasteiger partial charge on any atom is -0.374 e. The molecular weight excluding hydrogens is 228 g/mol. The molecule has 102 valence electrons. The van der Waals surface area contributed by atoms with Gasteiger partial charge in [-0.3, -0.25) is 9.58 Å². The number of hydrogen-bond acceptors (Lipinski definition) is 4. The zero-order chi connectivity index (χ0) is 13.0. The van der Waals surface area contributed by atoms with Gasteiger partial charge in [0, 0.05) is 44.0 Å². The third-order valence-electron chi connectivity index (χ3n) is 3.61. The van der Waals surface area contributed by atoms with Crippen molar-refractivity contribution in [3.8, 4) is 0 Å². The Labute approximate surface area is 109 Å². The van der Waals surface area contributed by atoms with Crippen LogP contribution in [0, 0.1) is 0 Å². The van der Waals surface area contributed by atoms with Crippen LogP contribution in [-0.4, -0.2) is 54.1 Å². The van der Waals surface area contributed by atoms with Crippen LogP contribution in [0.3, 0.4) is 0 Å². The Kier molecular flexibility index (Phi) is 4.74. The van der Waals surface area contributed by atoms with Gasteiger partial charge in [-0.1, -0.05) is 0 Å². The van der Waals surface area contributed by atoms with Crippen molar-refractivity contribution in [3.05, 3.63) is 18.0 Å². The van der Waals surface area contributed by atoms with Crippen LogP contribution < -0.4 is 5.32 Å². The average molecular weight is 252 g/mol. The molecule has 5 nitrogen and oxygen atoms in total. The molecule has 0 saturated carbocycles. The highest BCUT2D eigenvalue weighted by molar-refractivity contribution is 5.10. The minimum atomic E-state index is 0.299. The van der Waals surface area contributed by atoms with Crippen LogP contribution in [0.15, 0.2) is 12.4 Å². The largest absolute Gasteiger partial charge is 0.374 e. The molecule has 0 aromatic carbocycles. The van der Waals surface area contributed by atoms with E-state index in [1.54, 1.807) is 0 Å². The van der Waals surface area contributed by atoms with Crippen LogP contribution in [0.2, 0.25) is 0 Å². The molecule has 2 atom stereocenters. The Morgan fingerprint density at radius 1 is 1.61 bits per heavy atom. The van der Waals surface area contributed by atoms with Crippen molar-refractivity contribution in [2.75, 3.05) is 33.3 Å². The van der Waals surface area contributed by atoms with Gasteiger partial charge in [0.05, 0.1) is 18.9 Å². The third kappa shape index (κ3) is 3.10. The molecule has 2 unspecified atom stereocenters. The quantitative estimate of drug-likeness (QED) is 0.845. The summed E-state index contributed by atoms with van der Waals surface area (Å²) in [6.45, 7) is 9.00. The van der Waals surface area contributed by atoms with Gasteiger partial charge in [-0.05, 0) is 20.9 Å². The van der Waals surface area contributed by atoms with Gasteiger partial charge < -0.3 is 10.1 Å². The van der Waals surface area contributed by atoms with E-state index in [4.69, 9.17) is 4.74 Å². The summed E-state index contributed by atoms with van der Waals surface area (Å²) < 4.78 is 7.72. The van der Waals surface area contributed by atoms with E-state index in [0.717, 1.165) is 32.8 Å². The van der Waals surface area contributed by atoms with Crippen LogP contribution >= 0.6 is 0 Å². The summed E-state index contributed by atoms with van der Waals surface area (Å²) in [4.78, 5) is 2.47. The molecule has 1 aliphatic rings. The lowest BCUT2D eigenvalue weighted by Crippen LogP contribution is -2.46. The van der Waals surface area contributed by atoms with Crippen LogP contribution in [0.5, 0.6) is 0 Å². The van der Waals surface area contributed by atoms with Crippen LogP contribution in [0.4, 0.5) is 0 Å². The topological polar surface area (TPSA) is 42.3 Å². The number of likely N-dealkylation sites (N-methyl/N-ethyl adjacent to an activating group) is 1. The highest BCUT2D eigenvalue weighted by atomic mass is 16.5. The van der Waals surface area contributed by atoms with Gasteiger partial charge >= 0.3 is 0 Å². The summed E-state index contributed by atoms with van der Waals surface area (Å²) in [5.41, 5.74) is 1.29. The van der Waals surface area contributed by atoms with E-state index in [-0.39, 0.29) is 0 Å². The Morgan fingerprint density at radius 3 is 3.11 bits per heavy atom. The fourth-order valence-electron chi connectivity index (χ4n) is 2.42. The Bertz CT molecular complexity index is 364. The summed E-state index contributed by atoms with van der Waals surface area (Å²) in [5.74, 6) is 0. The third-order valence-corrected chi connectivity index (χ3v) is 3.61. The number of aryl methyl sites for hydroxylation is 1. The molecule has 1 aromatic heterocycles. The van der Waals surface area contributed by atoms with Crippen molar-refractivity contribution in [2.45, 2.75) is 32.5 Å². The number of nitrogens with one attached hydrogen (secondary N) is 1. The van der Waals surface area contributed by atoms with Gasteiger partial charge in [-0.2, -0.15) is 5.10 Å². The lowest BCUT2D eigenvalue weighted by Gasteiger charge is -2.36. The standard InChI is InChI=1S/C13H24N4O/c1-4-17-9-12(7-15-17)11(2)16-5-6-18-13(10-16)8-14-3/h7,9,11,13-14H,4-6,8,10H2,1-3H3. The van der Waals surface area contributed by atoms with E-state index in [9.17, 15) is 0 Å². The summed E-state index contributed by atoms with van der Waals surface area (Å²) >= 11 is 0. The van der Waals surface area contributed by atoms with Crippen molar-refractivity contribution in [1.29, 1.82) is 0 Å². The van der Waals surface area contributed by atoms with Gasteiger partial charge in [0.15, 0.2) is 0 Å². The number of hydrogen-bond donors (Lipinski definition) is 1. The number of aromatic nitrogens is 2. The molecule has 2 rings (SSSR count). The molecule has 0 radical (unpaired) electrons. The van der Waals surface area contributed by atoms with Gasteiger partial charge in [0.25, 0.3) is 0 Å². The molecule has 0 aliphatic carbocycles. The molecule has 2 heterocycles. The van der Waals surface area contributed by atoms with Crippen LogP contribution in [0.1, 0.15) is 25.5 Å². The number of nitrogens with zero attached hydrogens (tertiary/aromatic N) is 3. The first-order chi connectivity index (χ1) is 8.74. The van der Waals surface area contributed by atoms with Crippen molar-refractivity contribution >= 4 is 0 Å². The lowest BCUT2D eigenvalue weighted by molar-refractivity contribution is -0.0393. The maximum atomic E-state index is 5.74. The predicted octanol–water partition coefficient (Wildman–Crippen LogP) is 0.884. The monoisotopic (exact) mass is 252 g/mol. The normalized spacial score (nSPS) is 23.2. The maximum absolute atomic E-state index is 5.74. The second-order valence-corrected chi connectivity index (χ2v) is 4.85. The van der Waals surface area contributed by atoms with Gasteiger partial charge in [0.1, 0.15) is 0 Å². The average Bonchev–Trinajstić information content (AvgIpc) is 2.87. The number of morpholine rings is 1. The summed E-state index contributed by atoms with van der Waals surface area (Å²) in [6.07, 6.45) is 4.43. The number of rotatable bonds is 5. The van der Waals surface area contributed by atoms with Gasteiger partial charge in [-0.25, -0.2) is 0 Å². The lowest BCUT2D eigenvalue weighted by atomic mass is 10.1. The van der Waals surface area contributed by atoms with Gasteiger partial charge in [-0.15, -0.1) is 0 Å². The molecule has 1 aromatic rings. The molecule has 1 fully saturated rings. The minimum absolute atomic E-state index is 0.299. The smallest absolute Gasteiger partial charge is 0.0826 e. The van der Waals surface area contributed by atoms with E-state index in [1.807, 2.05) is 17.9 Å². The van der Waals surface area contributed by atoms with Crippen molar-refractivity contribution < 1.29 is 4.74 Å². The second-order valence-electron chi connectivity index (χ2n) is 4.85. The van der Waals surface area contributed by atoms with Crippen LogP contribution in [-0.2, 0) is 11.3 Å². The van der Waals surface area contributed by atoms with E-state index < -0.39 is 0 Å². The van der Waals surface area contributed by atoms with Crippen molar-refractivity contribution in [3.63, 3.8) is 0 Å². The van der Waals surface area contributed by atoms with E-state index in [0.29, 0.717) is 12.1 Å². The molecule has 1 N–H and O–H groups in total. The summed E-state index contributed by atoms with van der Waals surface area (Å²) in [6, 6.07) is 0.411. The molecule has 0 spiro atoms. The Morgan fingerprint density at radius 2 is 2.44 bits per heavy atom. The van der Waals surface area contributed by atoms with Crippen molar-refractivity contribution in [1.82, 2.24) is 20.0 Å². The summed E-state index contributed by atoms with van der Waals surface area (Å²) in [7, 11) is 1.97. The van der Waals surface area contributed by atoms with Crippen LogP contribution in [0.25, 0.3) is 0 Å². The molecular formula is C13H24N4O. The molecule has 0 amide bonds. The highest BCUT2D eigenvalue weighted by Crippen LogP contribution is 2.21. The molecule has 0 bridgehead atoms. The van der Waals surface area contributed by atoms with E-state index in [1.165, 1.54) is 5.56 Å². The maximum Gasteiger partial charge on any atom is 0.0826 e. The van der Waals surface area contributed by atoms with E-state index in [2.05, 4.69) is 35.4 Å². The Balaban J connectivity index is 1.97. The van der Waals surface area contributed by atoms with Crippen molar-refractivity contribution in [2.24, 2.45) is 0 Å². The first-order valence-electron chi connectivity index (χ1n) is 6.77. The first kappa shape index (κ1) is 13.5. The molecule has 18 heavy (non-hydrogen) atoms. The molecule has 5 heteroatoms. The first-order valence-corrected chi connectivity index (χ1v) is 6.77. The number of ether oxygens (including phenoxy) is 1. The summed E-state index contributed by atoms with van der Waals surface area (Å²) in [5, 5.41) is 7.53. The molecule has 1 saturated heterocycles. The second kappa shape index (κ2) is 6.31. The fraction of sp³-hybridized carbons (Fsp3) is 0.769. The molecule has 1 aliphatic heterocycles. The van der Waals surface area contributed by atoms with E-state index >= 15 is 0 Å². The fourth-order valence-corrected chi connectivity index (χ4v) is 2.42. The highest BCUT2D eigenvalue weighted by Gasteiger charge is 2.25. The SMILES string of the molecule is CCn1cc(C(C)N2CCOC(CNC)C2)cn1. The Hall–Kier alpha value is -0.910. The zero-order valence-electron chi connectivity index (χ0n) is 11.6. The predicted molar refractivity (Wildman–Crippen MR) is 71.6 cm³/mol. The van der Waals surface area contributed by atoms with Gasteiger partial charge in [0.2, 0.25) is 0 Å². The zero-order valence-corrected chi connectivity index (χ0v) is 11.6.